The largest absolute Gasteiger partial charge is 0.481 e. The first-order chi connectivity index (χ1) is 9.70. The predicted octanol–water partition coefficient (Wildman–Crippen LogP) is 1.61. The Balaban J connectivity index is 2.32. The van der Waals surface area contributed by atoms with Crippen molar-refractivity contribution >= 4 is 39.2 Å². The summed E-state index contributed by atoms with van der Waals surface area (Å²) < 4.78 is 24.4. The van der Waals surface area contributed by atoms with Crippen LogP contribution in [-0.4, -0.2) is 36.4 Å². The zero-order chi connectivity index (χ0) is 15.8. The molecule has 1 aromatic carbocycles. The molecule has 21 heavy (non-hydrogen) atoms. The molecule has 0 aliphatic carbocycles. The molecular formula is C13H15NO5S2. The van der Waals surface area contributed by atoms with Crippen LogP contribution in [-0.2, 0) is 19.4 Å². The van der Waals surface area contributed by atoms with Crippen molar-refractivity contribution in [1.29, 1.82) is 0 Å². The lowest BCUT2D eigenvalue weighted by molar-refractivity contribution is -0.140. The van der Waals surface area contributed by atoms with Gasteiger partial charge in [0.25, 0.3) is 0 Å². The molecule has 1 aromatic rings. The Morgan fingerprint density at radius 3 is 2.76 bits per heavy atom. The molecule has 0 spiro atoms. The second-order valence-corrected chi connectivity index (χ2v) is 8.34. The minimum absolute atomic E-state index is 0.0183. The van der Waals surface area contributed by atoms with E-state index in [4.69, 9.17) is 5.11 Å². The van der Waals surface area contributed by atoms with Crippen molar-refractivity contribution in [2.45, 2.75) is 28.9 Å². The molecule has 2 N–H and O–H groups in total. The van der Waals surface area contributed by atoms with E-state index in [9.17, 15) is 18.0 Å². The van der Waals surface area contributed by atoms with Crippen LogP contribution < -0.4 is 5.32 Å². The van der Waals surface area contributed by atoms with Gasteiger partial charge in [0.05, 0.1) is 27.5 Å². The number of hydrogen-bond donors (Lipinski definition) is 2. The SMILES string of the molecule is C[C@H](CS(=O)(=O)c1ccc2c(c1)NC(=O)[C@H](C)S2)C(=O)O. The van der Waals surface area contributed by atoms with Crippen LogP contribution in [0.5, 0.6) is 0 Å². The minimum atomic E-state index is -3.71. The number of anilines is 1. The highest BCUT2D eigenvalue weighted by molar-refractivity contribution is 8.01. The number of fused-ring (bicyclic) bond motifs is 1. The Morgan fingerprint density at radius 1 is 1.48 bits per heavy atom. The van der Waals surface area contributed by atoms with Crippen LogP contribution in [0.25, 0.3) is 0 Å². The summed E-state index contributed by atoms with van der Waals surface area (Å²) in [6.07, 6.45) is 0. The second-order valence-electron chi connectivity index (χ2n) is 4.93. The van der Waals surface area contributed by atoms with Crippen molar-refractivity contribution in [3.63, 3.8) is 0 Å². The van der Waals surface area contributed by atoms with E-state index >= 15 is 0 Å². The van der Waals surface area contributed by atoms with Gasteiger partial charge in [-0.1, -0.05) is 6.92 Å². The molecule has 0 fully saturated rings. The van der Waals surface area contributed by atoms with Crippen molar-refractivity contribution in [1.82, 2.24) is 0 Å². The fraction of sp³-hybridized carbons (Fsp3) is 0.385. The molecule has 1 aliphatic rings. The Hall–Kier alpha value is -1.54. The topological polar surface area (TPSA) is 101 Å². The molecule has 2 atom stereocenters. The van der Waals surface area contributed by atoms with Crippen molar-refractivity contribution in [3.05, 3.63) is 18.2 Å². The van der Waals surface area contributed by atoms with Crippen LogP contribution in [0.15, 0.2) is 28.0 Å². The van der Waals surface area contributed by atoms with Gasteiger partial charge < -0.3 is 10.4 Å². The lowest BCUT2D eigenvalue weighted by Gasteiger charge is -2.22. The number of sulfone groups is 1. The summed E-state index contributed by atoms with van der Waals surface area (Å²) in [5, 5.41) is 11.3. The fourth-order valence-corrected chi connectivity index (χ4v) is 4.37. The summed E-state index contributed by atoms with van der Waals surface area (Å²) >= 11 is 1.36. The predicted molar refractivity (Wildman–Crippen MR) is 79.2 cm³/mol. The first-order valence-electron chi connectivity index (χ1n) is 6.28. The van der Waals surface area contributed by atoms with Gasteiger partial charge in [-0.15, -0.1) is 11.8 Å². The number of thioether (sulfide) groups is 1. The van der Waals surface area contributed by atoms with E-state index in [1.165, 1.54) is 30.8 Å². The number of amides is 1. The number of carboxylic acids is 1. The van der Waals surface area contributed by atoms with Crippen LogP contribution in [0, 0.1) is 5.92 Å². The Labute approximate surface area is 126 Å². The summed E-state index contributed by atoms with van der Waals surface area (Å²) in [5.74, 6) is -2.80. The highest BCUT2D eigenvalue weighted by Gasteiger charge is 2.27. The summed E-state index contributed by atoms with van der Waals surface area (Å²) in [7, 11) is -3.71. The molecule has 0 saturated carbocycles. The molecule has 0 unspecified atom stereocenters. The van der Waals surface area contributed by atoms with Crippen molar-refractivity contribution in [3.8, 4) is 0 Å². The van der Waals surface area contributed by atoms with Crippen LogP contribution in [0.4, 0.5) is 5.69 Å². The van der Waals surface area contributed by atoms with Gasteiger partial charge in [0.1, 0.15) is 0 Å². The zero-order valence-electron chi connectivity index (χ0n) is 11.5. The standard InChI is InChI=1S/C13H15NO5S2/c1-7(13(16)17)6-21(18,19)9-3-4-11-10(5-9)14-12(15)8(2)20-11/h3-5,7-8H,6H2,1-2H3,(H,14,15)(H,16,17)/t7-,8+/m1/s1. The lowest BCUT2D eigenvalue weighted by atomic mass is 10.2. The fourth-order valence-electron chi connectivity index (χ4n) is 1.88. The Kier molecular flexibility index (Phi) is 4.29. The summed E-state index contributed by atoms with van der Waals surface area (Å²) in [6.45, 7) is 3.11. The number of aliphatic carboxylic acids is 1. The van der Waals surface area contributed by atoms with Crippen molar-refractivity contribution in [2.75, 3.05) is 11.1 Å². The molecule has 0 bridgehead atoms. The molecule has 0 saturated heterocycles. The third-order valence-electron chi connectivity index (χ3n) is 3.13. The summed E-state index contributed by atoms with van der Waals surface area (Å²) in [4.78, 5) is 23.2. The van der Waals surface area contributed by atoms with Crippen LogP contribution in [0.3, 0.4) is 0 Å². The van der Waals surface area contributed by atoms with Gasteiger partial charge in [0.15, 0.2) is 9.84 Å². The molecule has 1 amide bonds. The molecule has 1 heterocycles. The highest BCUT2D eigenvalue weighted by Crippen LogP contribution is 2.36. The number of carboxylic acid groups (broad SMARTS) is 1. The summed E-state index contributed by atoms with van der Waals surface area (Å²) in [6, 6.07) is 4.46. The van der Waals surface area contributed by atoms with Gasteiger partial charge in [0.2, 0.25) is 5.91 Å². The van der Waals surface area contributed by atoms with Gasteiger partial charge in [-0.3, -0.25) is 9.59 Å². The number of nitrogens with one attached hydrogen (secondary N) is 1. The molecule has 0 aromatic heterocycles. The first kappa shape index (κ1) is 15.8. The summed E-state index contributed by atoms with van der Waals surface area (Å²) in [5.41, 5.74) is 0.451. The van der Waals surface area contributed by atoms with Gasteiger partial charge in [-0.25, -0.2) is 8.42 Å². The van der Waals surface area contributed by atoms with E-state index in [1.54, 1.807) is 13.0 Å². The smallest absolute Gasteiger partial charge is 0.307 e. The van der Waals surface area contributed by atoms with E-state index in [0.717, 1.165) is 4.90 Å². The van der Waals surface area contributed by atoms with Gasteiger partial charge in [-0.2, -0.15) is 0 Å². The maximum absolute atomic E-state index is 12.2. The Bertz CT molecular complexity index is 699. The van der Waals surface area contributed by atoms with Crippen molar-refractivity contribution < 1.29 is 23.1 Å². The molecule has 114 valence electrons. The quantitative estimate of drug-likeness (QED) is 0.870. The lowest BCUT2D eigenvalue weighted by Crippen LogP contribution is -2.27. The minimum Gasteiger partial charge on any atom is -0.481 e. The molecule has 1 aliphatic heterocycles. The van der Waals surface area contributed by atoms with Gasteiger partial charge in [0, 0.05) is 4.90 Å². The van der Waals surface area contributed by atoms with Gasteiger partial charge in [-0.05, 0) is 25.1 Å². The molecule has 6 nitrogen and oxygen atoms in total. The van der Waals surface area contributed by atoms with Crippen molar-refractivity contribution in [2.24, 2.45) is 5.92 Å². The molecular weight excluding hydrogens is 314 g/mol. The monoisotopic (exact) mass is 329 g/mol. The number of hydrogen-bond acceptors (Lipinski definition) is 5. The Morgan fingerprint density at radius 2 is 2.14 bits per heavy atom. The molecule has 8 heteroatoms. The van der Waals surface area contributed by atoms with E-state index in [0.29, 0.717) is 5.69 Å². The van der Waals surface area contributed by atoms with Crippen LogP contribution in [0.2, 0.25) is 0 Å². The normalized spacial score (nSPS) is 19.5. The van der Waals surface area contributed by atoms with E-state index in [-0.39, 0.29) is 16.1 Å². The highest BCUT2D eigenvalue weighted by atomic mass is 32.2. The second kappa shape index (κ2) is 5.69. The molecule has 2 rings (SSSR count). The average molecular weight is 329 g/mol. The van der Waals surface area contributed by atoms with E-state index < -0.39 is 27.5 Å². The average Bonchev–Trinajstić information content (AvgIpc) is 2.38. The van der Waals surface area contributed by atoms with E-state index in [2.05, 4.69) is 5.32 Å². The third kappa shape index (κ3) is 3.38. The maximum Gasteiger partial charge on any atom is 0.307 e. The van der Waals surface area contributed by atoms with E-state index in [1.807, 2.05) is 0 Å². The number of benzene rings is 1. The number of rotatable bonds is 4. The van der Waals surface area contributed by atoms with Crippen LogP contribution in [0.1, 0.15) is 13.8 Å². The number of carbonyl (C=O) groups excluding carboxylic acids is 1. The van der Waals surface area contributed by atoms with Crippen LogP contribution >= 0.6 is 11.8 Å². The first-order valence-corrected chi connectivity index (χ1v) is 8.81. The number of carbonyl (C=O) groups is 2. The van der Waals surface area contributed by atoms with Gasteiger partial charge >= 0.3 is 5.97 Å². The maximum atomic E-state index is 12.2. The zero-order valence-corrected chi connectivity index (χ0v) is 13.1. The molecule has 0 radical (unpaired) electrons. The third-order valence-corrected chi connectivity index (χ3v) is 6.22.